The average molecular weight is 296 g/mol. The second kappa shape index (κ2) is 7.13. The predicted molar refractivity (Wildman–Crippen MR) is 85.5 cm³/mol. The van der Waals surface area contributed by atoms with Crippen molar-refractivity contribution in [2.75, 3.05) is 36.6 Å². The minimum Gasteiger partial charge on any atom is -0.374 e. The number of thioether (sulfide) groups is 1. The third-order valence-electron chi connectivity index (χ3n) is 3.40. The second-order valence-electron chi connectivity index (χ2n) is 4.96. The first-order valence-corrected chi connectivity index (χ1v) is 8.42. The van der Waals surface area contributed by atoms with Crippen molar-refractivity contribution in [1.29, 1.82) is 0 Å². The molecule has 1 saturated carbocycles. The number of aromatic nitrogens is 2. The van der Waals surface area contributed by atoms with Crippen molar-refractivity contribution in [3.63, 3.8) is 0 Å². The zero-order valence-corrected chi connectivity index (χ0v) is 13.3. The summed E-state index contributed by atoms with van der Waals surface area (Å²) < 4.78 is 5.82. The van der Waals surface area contributed by atoms with Gasteiger partial charge < -0.3 is 15.4 Å². The molecule has 0 spiro atoms. The lowest BCUT2D eigenvalue weighted by molar-refractivity contribution is 0.128. The highest BCUT2D eigenvalue weighted by Crippen LogP contribution is 2.46. The highest BCUT2D eigenvalue weighted by Gasteiger charge is 2.41. The van der Waals surface area contributed by atoms with E-state index in [0.717, 1.165) is 30.5 Å². The molecule has 0 bridgehead atoms. The summed E-state index contributed by atoms with van der Waals surface area (Å²) in [6, 6.07) is 1.97. The molecule has 1 aliphatic carbocycles. The van der Waals surface area contributed by atoms with E-state index in [9.17, 15) is 0 Å². The van der Waals surface area contributed by atoms with E-state index in [0.29, 0.717) is 18.0 Å². The van der Waals surface area contributed by atoms with E-state index in [1.807, 2.05) is 24.8 Å². The van der Waals surface area contributed by atoms with Crippen LogP contribution in [0.25, 0.3) is 0 Å². The summed E-state index contributed by atoms with van der Waals surface area (Å²) in [6.45, 7) is 6.97. The Morgan fingerprint density at radius 2 is 1.95 bits per heavy atom. The van der Waals surface area contributed by atoms with Crippen LogP contribution in [0.5, 0.6) is 0 Å². The van der Waals surface area contributed by atoms with Crippen molar-refractivity contribution in [1.82, 2.24) is 9.97 Å². The lowest BCUT2D eigenvalue weighted by Crippen LogP contribution is -2.19. The second-order valence-corrected chi connectivity index (χ2v) is 6.24. The molecule has 0 saturated heterocycles. The Bertz CT molecular complexity index is 437. The summed E-state index contributed by atoms with van der Waals surface area (Å²) in [4.78, 5) is 8.97. The number of hydrogen-bond donors (Lipinski definition) is 2. The molecule has 1 fully saturated rings. The van der Waals surface area contributed by atoms with Gasteiger partial charge in [-0.15, -0.1) is 0 Å². The Kier molecular flexibility index (Phi) is 5.48. The maximum atomic E-state index is 5.40. The van der Waals surface area contributed by atoms with Gasteiger partial charge in [-0.2, -0.15) is 11.8 Å². The summed E-state index contributed by atoms with van der Waals surface area (Å²) >= 11 is 1.94. The Labute approximate surface area is 125 Å². The van der Waals surface area contributed by atoms with Crippen molar-refractivity contribution in [2.24, 2.45) is 0 Å². The van der Waals surface area contributed by atoms with Gasteiger partial charge >= 0.3 is 0 Å². The molecule has 0 aliphatic heterocycles. The predicted octanol–water partition coefficient (Wildman–Crippen LogP) is 2.75. The topological polar surface area (TPSA) is 59.1 Å². The SMILES string of the molecule is CCNc1cc(NCC2(SC)CC2)nc(COCC)n1. The molecule has 1 aliphatic rings. The smallest absolute Gasteiger partial charge is 0.158 e. The molecular formula is C14H24N4OS. The van der Waals surface area contributed by atoms with Crippen LogP contribution in [0.1, 0.15) is 32.5 Å². The molecule has 6 heteroatoms. The summed E-state index contributed by atoms with van der Waals surface area (Å²) in [5.41, 5.74) is 0. The number of nitrogens with one attached hydrogen (secondary N) is 2. The fourth-order valence-corrected chi connectivity index (χ4v) is 2.69. The van der Waals surface area contributed by atoms with Gasteiger partial charge in [-0.25, -0.2) is 9.97 Å². The molecule has 2 N–H and O–H groups in total. The number of rotatable bonds is 9. The largest absolute Gasteiger partial charge is 0.374 e. The number of ether oxygens (including phenoxy) is 1. The third-order valence-corrected chi connectivity index (χ3v) is 4.82. The molecule has 0 atom stereocenters. The van der Waals surface area contributed by atoms with Gasteiger partial charge in [0, 0.05) is 30.5 Å². The van der Waals surface area contributed by atoms with Crippen LogP contribution in [-0.4, -0.2) is 40.7 Å². The van der Waals surface area contributed by atoms with Gasteiger partial charge in [0.1, 0.15) is 18.2 Å². The highest BCUT2D eigenvalue weighted by atomic mass is 32.2. The molecule has 0 amide bonds. The Morgan fingerprint density at radius 3 is 2.50 bits per heavy atom. The summed E-state index contributed by atoms with van der Waals surface area (Å²) in [7, 11) is 0. The van der Waals surface area contributed by atoms with Crippen molar-refractivity contribution in [2.45, 2.75) is 38.0 Å². The molecule has 0 radical (unpaired) electrons. The van der Waals surface area contributed by atoms with Crippen molar-refractivity contribution in [3.05, 3.63) is 11.9 Å². The lowest BCUT2D eigenvalue weighted by Gasteiger charge is -2.15. The van der Waals surface area contributed by atoms with Crippen LogP contribution in [0.15, 0.2) is 6.07 Å². The van der Waals surface area contributed by atoms with E-state index >= 15 is 0 Å². The van der Waals surface area contributed by atoms with E-state index < -0.39 is 0 Å². The molecule has 1 heterocycles. The minimum atomic E-state index is 0.420. The Balaban J connectivity index is 2.03. The maximum Gasteiger partial charge on any atom is 0.158 e. The van der Waals surface area contributed by atoms with Crippen molar-refractivity contribution in [3.8, 4) is 0 Å². The van der Waals surface area contributed by atoms with Crippen LogP contribution in [-0.2, 0) is 11.3 Å². The number of hydrogen-bond acceptors (Lipinski definition) is 6. The standard InChI is InChI=1S/C14H24N4OS/c1-4-15-11-8-12(16-10-14(20-3)6-7-14)18-13(17-11)9-19-5-2/h8H,4-7,9-10H2,1-3H3,(H2,15,16,17,18). The van der Waals surface area contributed by atoms with Crippen LogP contribution < -0.4 is 10.6 Å². The maximum absolute atomic E-state index is 5.40. The van der Waals surface area contributed by atoms with Gasteiger partial charge in [-0.05, 0) is 32.9 Å². The zero-order chi connectivity index (χ0) is 14.4. The average Bonchev–Trinajstić information content (AvgIpc) is 3.24. The van der Waals surface area contributed by atoms with Crippen molar-refractivity contribution >= 4 is 23.4 Å². The van der Waals surface area contributed by atoms with Gasteiger partial charge in [0.25, 0.3) is 0 Å². The van der Waals surface area contributed by atoms with E-state index in [1.54, 1.807) is 0 Å². The first-order valence-electron chi connectivity index (χ1n) is 7.20. The lowest BCUT2D eigenvalue weighted by atomic mass is 10.4. The summed E-state index contributed by atoms with van der Waals surface area (Å²) in [6.07, 6.45) is 4.76. The molecule has 5 nitrogen and oxygen atoms in total. The Hall–Kier alpha value is -1.01. The fourth-order valence-electron chi connectivity index (χ4n) is 1.96. The zero-order valence-electron chi connectivity index (χ0n) is 12.5. The van der Waals surface area contributed by atoms with E-state index in [4.69, 9.17) is 4.74 Å². The van der Waals surface area contributed by atoms with Crippen LogP contribution in [0, 0.1) is 0 Å². The van der Waals surface area contributed by atoms with Crippen LogP contribution in [0.3, 0.4) is 0 Å². The molecule has 1 aromatic heterocycles. The summed E-state index contributed by atoms with van der Waals surface area (Å²) in [5, 5.41) is 6.69. The number of anilines is 2. The molecule has 1 aromatic rings. The Morgan fingerprint density at radius 1 is 1.25 bits per heavy atom. The molecule has 112 valence electrons. The van der Waals surface area contributed by atoms with Gasteiger partial charge in [0.2, 0.25) is 0 Å². The first-order chi connectivity index (χ1) is 9.71. The quantitative estimate of drug-likeness (QED) is 0.731. The molecular weight excluding hydrogens is 272 g/mol. The monoisotopic (exact) mass is 296 g/mol. The number of nitrogens with zero attached hydrogens (tertiary/aromatic N) is 2. The van der Waals surface area contributed by atoms with Gasteiger partial charge in [0.05, 0.1) is 0 Å². The molecule has 2 rings (SSSR count). The van der Waals surface area contributed by atoms with E-state index in [-0.39, 0.29) is 0 Å². The van der Waals surface area contributed by atoms with Crippen LogP contribution in [0.2, 0.25) is 0 Å². The van der Waals surface area contributed by atoms with E-state index in [1.165, 1.54) is 12.8 Å². The third kappa shape index (κ3) is 4.24. The normalized spacial score (nSPS) is 15.9. The first kappa shape index (κ1) is 15.4. The van der Waals surface area contributed by atoms with Gasteiger partial charge in [0.15, 0.2) is 5.82 Å². The highest BCUT2D eigenvalue weighted by molar-refractivity contribution is 8.00. The van der Waals surface area contributed by atoms with Crippen molar-refractivity contribution < 1.29 is 4.74 Å². The van der Waals surface area contributed by atoms with E-state index in [2.05, 4.69) is 33.8 Å². The van der Waals surface area contributed by atoms with Gasteiger partial charge in [-0.3, -0.25) is 0 Å². The van der Waals surface area contributed by atoms with Gasteiger partial charge in [-0.1, -0.05) is 0 Å². The molecule has 0 aromatic carbocycles. The minimum absolute atomic E-state index is 0.420. The molecule has 0 unspecified atom stereocenters. The summed E-state index contributed by atoms with van der Waals surface area (Å²) in [5.74, 6) is 2.46. The van der Waals surface area contributed by atoms with Crippen LogP contribution >= 0.6 is 11.8 Å². The fraction of sp³-hybridized carbons (Fsp3) is 0.714. The molecule has 20 heavy (non-hydrogen) atoms. The van der Waals surface area contributed by atoms with Crippen LogP contribution in [0.4, 0.5) is 11.6 Å².